The van der Waals surface area contributed by atoms with Crippen LogP contribution in [0.5, 0.6) is 0 Å². The van der Waals surface area contributed by atoms with E-state index in [0.717, 1.165) is 12.1 Å². The molecule has 0 bridgehead atoms. The van der Waals surface area contributed by atoms with Crippen LogP contribution in [0.1, 0.15) is 18.1 Å². The van der Waals surface area contributed by atoms with Gasteiger partial charge in [-0.05, 0) is 24.6 Å². The average molecular weight is 406 g/mol. The van der Waals surface area contributed by atoms with Gasteiger partial charge in [0.05, 0.1) is 23.6 Å². The molecule has 0 unspecified atom stereocenters. The molecule has 10 heteroatoms. The van der Waals surface area contributed by atoms with Crippen LogP contribution in [0.15, 0.2) is 29.3 Å². The Balaban J connectivity index is 1.83. The van der Waals surface area contributed by atoms with E-state index in [2.05, 4.69) is 20.5 Å². The Kier molecular flexibility index (Phi) is 7.49. The van der Waals surface area contributed by atoms with E-state index in [-0.39, 0.29) is 18.1 Å². The second kappa shape index (κ2) is 9.41. The highest BCUT2D eigenvalue weighted by Gasteiger charge is 2.29. The lowest BCUT2D eigenvalue weighted by molar-refractivity contribution is -0.137. The minimum atomic E-state index is -4.34. The zero-order valence-corrected chi connectivity index (χ0v) is 16.0. The first-order valence-electron chi connectivity index (χ1n) is 8.81. The fourth-order valence-corrected chi connectivity index (χ4v) is 3.89. The minimum absolute atomic E-state index is 0.190. The molecule has 1 aromatic rings. The van der Waals surface area contributed by atoms with Gasteiger partial charge in [-0.1, -0.05) is 12.1 Å². The van der Waals surface area contributed by atoms with Crippen molar-refractivity contribution in [1.29, 1.82) is 0 Å². The largest absolute Gasteiger partial charge is 0.416 e. The van der Waals surface area contributed by atoms with Crippen molar-refractivity contribution in [2.45, 2.75) is 19.6 Å². The number of hydrogen-bond donors (Lipinski definition) is 2. The fourth-order valence-electron chi connectivity index (χ4n) is 2.62. The van der Waals surface area contributed by atoms with Gasteiger partial charge in [-0.15, -0.1) is 0 Å². The Bertz CT molecular complexity index is 720. The number of hydrogen-bond acceptors (Lipinski definition) is 4. The monoisotopic (exact) mass is 406 g/mol. The van der Waals surface area contributed by atoms with Gasteiger partial charge in [0.25, 0.3) is 0 Å². The maximum atomic E-state index is 12.6. The van der Waals surface area contributed by atoms with E-state index < -0.39 is 21.6 Å². The van der Waals surface area contributed by atoms with Crippen LogP contribution in [-0.4, -0.2) is 63.5 Å². The molecule has 27 heavy (non-hydrogen) atoms. The predicted octanol–water partition coefficient (Wildman–Crippen LogP) is 1.49. The SMILES string of the molecule is CCNC(=NCc1ccc(C(F)(F)F)cc1)NCCN1CCS(=O)(=O)CC1. The Morgan fingerprint density at radius 1 is 1.15 bits per heavy atom. The number of aliphatic imine (C=N–C) groups is 1. The highest BCUT2D eigenvalue weighted by molar-refractivity contribution is 7.91. The van der Waals surface area contributed by atoms with Crippen molar-refractivity contribution in [3.63, 3.8) is 0 Å². The van der Waals surface area contributed by atoms with Gasteiger partial charge in [-0.25, -0.2) is 13.4 Å². The molecule has 0 radical (unpaired) electrons. The number of guanidine groups is 1. The molecular weight excluding hydrogens is 381 g/mol. The third-order valence-corrected chi connectivity index (χ3v) is 5.81. The van der Waals surface area contributed by atoms with E-state index >= 15 is 0 Å². The molecule has 1 aliphatic heterocycles. The maximum absolute atomic E-state index is 12.6. The zero-order chi connectivity index (χ0) is 19.9. The van der Waals surface area contributed by atoms with Crippen molar-refractivity contribution in [2.24, 2.45) is 4.99 Å². The van der Waals surface area contributed by atoms with Crippen LogP contribution in [0.3, 0.4) is 0 Å². The summed E-state index contributed by atoms with van der Waals surface area (Å²) in [5, 5.41) is 6.25. The second-order valence-electron chi connectivity index (χ2n) is 6.31. The number of rotatable bonds is 6. The quantitative estimate of drug-likeness (QED) is 0.553. The van der Waals surface area contributed by atoms with Crippen molar-refractivity contribution in [3.8, 4) is 0 Å². The molecule has 0 saturated carbocycles. The Morgan fingerprint density at radius 3 is 2.33 bits per heavy atom. The molecule has 1 saturated heterocycles. The van der Waals surface area contributed by atoms with E-state index in [1.165, 1.54) is 12.1 Å². The Hall–Kier alpha value is -1.81. The van der Waals surface area contributed by atoms with Crippen molar-refractivity contribution in [1.82, 2.24) is 15.5 Å². The molecule has 1 aliphatic rings. The smallest absolute Gasteiger partial charge is 0.357 e. The molecular formula is C17H25F3N4O2S. The third kappa shape index (κ3) is 7.37. The van der Waals surface area contributed by atoms with Crippen molar-refractivity contribution in [2.75, 3.05) is 44.2 Å². The summed E-state index contributed by atoms with van der Waals surface area (Å²) in [5.41, 5.74) is 0.00486. The van der Waals surface area contributed by atoms with Crippen LogP contribution in [-0.2, 0) is 22.6 Å². The van der Waals surface area contributed by atoms with Crippen molar-refractivity contribution >= 4 is 15.8 Å². The summed E-state index contributed by atoms with van der Waals surface area (Å²) >= 11 is 0. The number of nitrogens with zero attached hydrogens (tertiary/aromatic N) is 2. The van der Waals surface area contributed by atoms with Crippen LogP contribution in [0.4, 0.5) is 13.2 Å². The standard InChI is InChI=1S/C17H25F3N4O2S/c1-2-21-16(22-7-8-24-9-11-27(25,26)12-10-24)23-13-14-3-5-15(6-4-14)17(18,19)20/h3-6H,2,7-13H2,1H3,(H2,21,22,23). The molecule has 6 nitrogen and oxygen atoms in total. The molecule has 152 valence electrons. The molecule has 1 fully saturated rings. The van der Waals surface area contributed by atoms with Gasteiger partial charge in [-0.2, -0.15) is 13.2 Å². The summed E-state index contributed by atoms with van der Waals surface area (Å²) in [7, 11) is -2.89. The van der Waals surface area contributed by atoms with Gasteiger partial charge in [0.1, 0.15) is 0 Å². The lowest BCUT2D eigenvalue weighted by Crippen LogP contribution is -2.45. The van der Waals surface area contributed by atoms with Gasteiger partial charge in [0.15, 0.2) is 15.8 Å². The van der Waals surface area contributed by atoms with Crippen molar-refractivity contribution < 1.29 is 21.6 Å². The van der Waals surface area contributed by atoms with Gasteiger partial charge in [0.2, 0.25) is 0 Å². The highest BCUT2D eigenvalue weighted by atomic mass is 32.2. The van der Waals surface area contributed by atoms with Crippen LogP contribution < -0.4 is 10.6 Å². The van der Waals surface area contributed by atoms with Gasteiger partial charge < -0.3 is 10.6 Å². The molecule has 2 N–H and O–H groups in total. The number of sulfone groups is 1. The van der Waals surface area contributed by atoms with E-state index in [9.17, 15) is 21.6 Å². The normalized spacial score (nSPS) is 18.3. The van der Waals surface area contributed by atoms with Crippen molar-refractivity contribution in [3.05, 3.63) is 35.4 Å². The van der Waals surface area contributed by atoms with Gasteiger partial charge in [0, 0.05) is 32.7 Å². The molecule has 1 aromatic carbocycles. The Labute approximate surface area is 157 Å². The number of alkyl halides is 3. The average Bonchev–Trinajstić information content (AvgIpc) is 2.60. The minimum Gasteiger partial charge on any atom is -0.357 e. The first kappa shape index (κ1) is 21.5. The predicted molar refractivity (Wildman–Crippen MR) is 99.4 cm³/mol. The lowest BCUT2D eigenvalue weighted by Gasteiger charge is -2.26. The summed E-state index contributed by atoms with van der Waals surface area (Å²) < 4.78 is 60.6. The van der Waals surface area contributed by atoms with Crippen LogP contribution in [0.2, 0.25) is 0 Å². The zero-order valence-electron chi connectivity index (χ0n) is 15.2. The third-order valence-electron chi connectivity index (χ3n) is 4.20. The summed E-state index contributed by atoms with van der Waals surface area (Å²) in [4.78, 5) is 6.46. The molecule has 1 heterocycles. The summed E-state index contributed by atoms with van der Waals surface area (Å²) in [6.45, 7) is 5.19. The molecule has 2 rings (SSSR count). The van der Waals surface area contributed by atoms with Crippen LogP contribution in [0.25, 0.3) is 0 Å². The number of nitrogens with one attached hydrogen (secondary N) is 2. The van der Waals surface area contributed by atoms with Crippen LogP contribution >= 0.6 is 0 Å². The number of benzene rings is 1. The van der Waals surface area contributed by atoms with Gasteiger partial charge in [-0.3, -0.25) is 4.90 Å². The van der Waals surface area contributed by atoms with Gasteiger partial charge >= 0.3 is 6.18 Å². The van der Waals surface area contributed by atoms with E-state index in [0.29, 0.717) is 44.2 Å². The molecule has 0 aromatic heterocycles. The summed E-state index contributed by atoms with van der Waals surface area (Å²) in [5.74, 6) is 0.950. The molecule has 0 atom stereocenters. The molecule has 0 amide bonds. The molecule has 0 spiro atoms. The van der Waals surface area contributed by atoms with E-state index in [1.54, 1.807) is 0 Å². The number of halogens is 3. The molecule has 0 aliphatic carbocycles. The Morgan fingerprint density at radius 2 is 1.78 bits per heavy atom. The first-order chi connectivity index (χ1) is 12.7. The lowest BCUT2D eigenvalue weighted by atomic mass is 10.1. The van der Waals surface area contributed by atoms with Crippen LogP contribution in [0, 0.1) is 0 Å². The first-order valence-corrected chi connectivity index (χ1v) is 10.6. The van der Waals surface area contributed by atoms with E-state index in [4.69, 9.17) is 0 Å². The fraction of sp³-hybridized carbons (Fsp3) is 0.588. The topological polar surface area (TPSA) is 73.8 Å². The second-order valence-corrected chi connectivity index (χ2v) is 8.61. The summed E-state index contributed by atoms with van der Waals surface area (Å²) in [6.07, 6.45) is -4.34. The van der Waals surface area contributed by atoms with E-state index in [1.807, 2.05) is 6.92 Å². The summed E-state index contributed by atoms with van der Waals surface area (Å²) in [6, 6.07) is 4.94. The highest BCUT2D eigenvalue weighted by Crippen LogP contribution is 2.29. The maximum Gasteiger partial charge on any atom is 0.416 e.